The normalized spacial score (nSPS) is 21.7. The monoisotopic (exact) mass is 433 g/mol. The lowest BCUT2D eigenvalue weighted by Crippen LogP contribution is -2.36. The van der Waals surface area contributed by atoms with Crippen LogP contribution >= 0.6 is 0 Å². The molecular formula is C26H31N3O3. The standard InChI is InChI=1S/C26H31N3O3/c30-25(28-13-3-1-2-4-14-28)21-9-5-7-19(15-21)20-8-6-10-22(16-20)29-24(18-11-12-18)23(17-27-29)26(31)32/h6,8,10,15-18,21H,1-5,7,9,11-14H2,(H,31,32). The van der Waals surface area contributed by atoms with Crippen molar-refractivity contribution in [3.05, 3.63) is 53.4 Å². The van der Waals surface area contributed by atoms with E-state index in [9.17, 15) is 14.7 Å². The van der Waals surface area contributed by atoms with E-state index in [1.54, 1.807) is 4.68 Å². The zero-order chi connectivity index (χ0) is 22.1. The highest BCUT2D eigenvalue weighted by atomic mass is 16.4. The van der Waals surface area contributed by atoms with Crippen LogP contribution in [0.5, 0.6) is 0 Å². The number of allylic oxidation sites excluding steroid dienone is 1. The molecule has 1 aromatic heterocycles. The van der Waals surface area contributed by atoms with Gasteiger partial charge in [0.05, 0.1) is 23.5 Å². The van der Waals surface area contributed by atoms with Crippen molar-refractivity contribution in [1.82, 2.24) is 14.7 Å². The number of hydrogen-bond acceptors (Lipinski definition) is 3. The van der Waals surface area contributed by atoms with E-state index >= 15 is 0 Å². The van der Waals surface area contributed by atoms with E-state index in [0.717, 1.165) is 75.0 Å². The zero-order valence-electron chi connectivity index (χ0n) is 18.5. The van der Waals surface area contributed by atoms with Gasteiger partial charge in [-0.3, -0.25) is 4.79 Å². The van der Waals surface area contributed by atoms with Crippen LogP contribution in [0, 0.1) is 5.92 Å². The van der Waals surface area contributed by atoms with Crippen LogP contribution in [-0.2, 0) is 4.79 Å². The first kappa shape index (κ1) is 21.0. The van der Waals surface area contributed by atoms with Gasteiger partial charge in [-0.05, 0) is 68.2 Å². The van der Waals surface area contributed by atoms with Crippen molar-refractivity contribution in [3.8, 4) is 5.69 Å². The highest BCUT2D eigenvalue weighted by Crippen LogP contribution is 2.42. The summed E-state index contributed by atoms with van der Waals surface area (Å²) in [7, 11) is 0. The summed E-state index contributed by atoms with van der Waals surface area (Å²) in [5, 5.41) is 14.0. The van der Waals surface area contributed by atoms with E-state index in [0.29, 0.717) is 5.56 Å². The third kappa shape index (κ3) is 4.23. The Balaban J connectivity index is 1.42. The maximum atomic E-state index is 13.2. The smallest absolute Gasteiger partial charge is 0.339 e. The van der Waals surface area contributed by atoms with Crippen LogP contribution in [0.3, 0.4) is 0 Å². The molecule has 2 heterocycles. The Morgan fingerprint density at radius 1 is 1.00 bits per heavy atom. The Labute approximate surface area is 188 Å². The molecule has 2 aromatic rings. The van der Waals surface area contributed by atoms with Crippen molar-refractivity contribution in [2.75, 3.05) is 13.1 Å². The lowest BCUT2D eigenvalue weighted by atomic mass is 9.86. The predicted octanol–water partition coefficient (Wildman–Crippen LogP) is 5.03. The largest absolute Gasteiger partial charge is 0.478 e. The highest BCUT2D eigenvalue weighted by molar-refractivity contribution is 5.89. The molecule has 32 heavy (non-hydrogen) atoms. The summed E-state index contributed by atoms with van der Waals surface area (Å²) in [4.78, 5) is 26.9. The Morgan fingerprint density at radius 3 is 2.50 bits per heavy atom. The van der Waals surface area contributed by atoms with E-state index in [2.05, 4.69) is 28.2 Å². The molecular weight excluding hydrogens is 402 g/mol. The third-order valence-corrected chi connectivity index (χ3v) is 7.06. The lowest BCUT2D eigenvalue weighted by molar-refractivity contribution is -0.134. The first-order valence-electron chi connectivity index (χ1n) is 12.0. The molecule has 2 aliphatic carbocycles. The van der Waals surface area contributed by atoms with E-state index < -0.39 is 5.97 Å². The number of benzene rings is 1. The van der Waals surface area contributed by atoms with Gasteiger partial charge in [-0.1, -0.05) is 31.1 Å². The number of carbonyl (C=O) groups is 2. The van der Waals surface area contributed by atoms with Gasteiger partial charge >= 0.3 is 5.97 Å². The molecule has 1 unspecified atom stereocenters. The average molecular weight is 434 g/mol. The van der Waals surface area contributed by atoms with Crippen LogP contribution in [0.1, 0.15) is 85.3 Å². The van der Waals surface area contributed by atoms with E-state index in [1.807, 2.05) is 12.1 Å². The van der Waals surface area contributed by atoms with E-state index in [4.69, 9.17) is 0 Å². The number of nitrogens with zero attached hydrogens (tertiary/aromatic N) is 3. The molecule has 3 aliphatic rings. The molecule has 1 N–H and O–H groups in total. The van der Waals surface area contributed by atoms with Crippen LogP contribution < -0.4 is 0 Å². The van der Waals surface area contributed by atoms with Crippen LogP contribution in [0.25, 0.3) is 11.3 Å². The van der Waals surface area contributed by atoms with Crippen molar-refractivity contribution >= 4 is 17.4 Å². The molecule has 6 nitrogen and oxygen atoms in total. The molecule has 0 spiro atoms. The van der Waals surface area contributed by atoms with Crippen molar-refractivity contribution in [1.29, 1.82) is 0 Å². The fraction of sp³-hybridized carbons (Fsp3) is 0.500. The molecule has 0 bridgehead atoms. The second kappa shape index (κ2) is 8.93. The zero-order valence-corrected chi connectivity index (χ0v) is 18.5. The van der Waals surface area contributed by atoms with Gasteiger partial charge in [0.2, 0.25) is 5.91 Å². The van der Waals surface area contributed by atoms with Gasteiger partial charge in [-0.2, -0.15) is 5.10 Å². The van der Waals surface area contributed by atoms with Crippen molar-refractivity contribution < 1.29 is 14.7 Å². The second-order valence-corrected chi connectivity index (χ2v) is 9.42. The molecule has 0 radical (unpaired) electrons. The van der Waals surface area contributed by atoms with Gasteiger partial charge in [-0.15, -0.1) is 0 Å². The number of aromatic nitrogens is 2. The van der Waals surface area contributed by atoms with Crippen molar-refractivity contribution in [2.45, 2.75) is 63.7 Å². The quantitative estimate of drug-likeness (QED) is 0.717. The van der Waals surface area contributed by atoms with Gasteiger partial charge in [0, 0.05) is 19.0 Å². The fourth-order valence-electron chi connectivity index (χ4n) is 5.20. The molecule has 1 atom stereocenters. The van der Waals surface area contributed by atoms with Crippen LogP contribution in [0.4, 0.5) is 0 Å². The maximum Gasteiger partial charge on any atom is 0.339 e. The number of rotatable bonds is 5. The molecule has 1 saturated heterocycles. The van der Waals surface area contributed by atoms with Crippen LogP contribution in [0.2, 0.25) is 0 Å². The van der Waals surface area contributed by atoms with E-state index in [-0.39, 0.29) is 17.7 Å². The van der Waals surface area contributed by atoms with Gasteiger partial charge in [-0.25, -0.2) is 9.48 Å². The van der Waals surface area contributed by atoms with Crippen LogP contribution in [-0.4, -0.2) is 44.8 Å². The summed E-state index contributed by atoms with van der Waals surface area (Å²) in [5.74, 6) is -0.392. The Morgan fingerprint density at radius 2 is 1.78 bits per heavy atom. The number of carbonyl (C=O) groups excluding carboxylic acids is 1. The van der Waals surface area contributed by atoms with E-state index in [1.165, 1.54) is 24.6 Å². The number of amides is 1. The summed E-state index contributed by atoms with van der Waals surface area (Å²) in [6.45, 7) is 1.78. The summed E-state index contributed by atoms with van der Waals surface area (Å²) >= 11 is 0. The Hall–Kier alpha value is -2.89. The Bertz CT molecular complexity index is 1040. The minimum atomic E-state index is -0.917. The van der Waals surface area contributed by atoms with Gasteiger partial charge in [0.1, 0.15) is 5.56 Å². The highest BCUT2D eigenvalue weighted by Gasteiger charge is 2.33. The molecule has 1 saturated carbocycles. The molecule has 1 aliphatic heterocycles. The Kier molecular flexibility index (Phi) is 5.85. The number of hydrogen-bond donors (Lipinski definition) is 1. The van der Waals surface area contributed by atoms with Gasteiger partial charge in [0.15, 0.2) is 0 Å². The molecule has 6 heteroatoms. The number of carboxylic acid groups (broad SMARTS) is 1. The van der Waals surface area contributed by atoms with Crippen molar-refractivity contribution in [2.24, 2.45) is 5.92 Å². The summed E-state index contributed by atoms with van der Waals surface area (Å²) in [6.07, 6.45) is 13.2. The molecule has 5 rings (SSSR count). The lowest BCUT2D eigenvalue weighted by Gasteiger charge is -2.27. The predicted molar refractivity (Wildman–Crippen MR) is 123 cm³/mol. The van der Waals surface area contributed by atoms with Crippen LogP contribution in [0.15, 0.2) is 36.5 Å². The number of aromatic carboxylic acids is 1. The molecule has 2 fully saturated rings. The van der Waals surface area contributed by atoms with Gasteiger partial charge < -0.3 is 10.0 Å². The first-order valence-corrected chi connectivity index (χ1v) is 12.0. The minimum Gasteiger partial charge on any atom is -0.478 e. The molecule has 1 amide bonds. The maximum absolute atomic E-state index is 13.2. The second-order valence-electron chi connectivity index (χ2n) is 9.42. The minimum absolute atomic E-state index is 0.0363. The fourth-order valence-corrected chi connectivity index (χ4v) is 5.20. The topological polar surface area (TPSA) is 75.4 Å². The first-order chi connectivity index (χ1) is 15.6. The van der Waals surface area contributed by atoms with Crippen molar-refractivity contribution in [3.63, 3.8) is 0 Å². The third-order valence-electron chi connectivity index (χ3n) is 7.06. The summed E-state index contributed by atoms with van der Waals surface area (Å²) in [5.41, 5.74) is 4.31. The summed E-state index contributed by atoms with van der Waals surface area (Å²) in [6, 6.07) is 8.17. The average Bonchev–Trinajstić information content (AvgIpc) is 3.61. The summed E-state index contributed by atoms with van der Waals surface area (Å²) < 4.78 is 1.80. The number of likely N-dealkylation sites (tertiary alicyclic amines) is 1. The SMILES string of the molecule is O=C(O)c1cnn(-c2cccc(C3=CC(C(=O)N4CCCCCC4)CCC3)c2)c1C1CC1. The molecule has 168 valence electrons. The van der Waals surface area contributed by atoms with Gasteiger partial charge in [0.25, 0.3) is 0 Å². The molecule has 1 aromatic carbocycles. The number of carboxylic acids is 1.